The lowest BCUT2D eigenvalue weighted by Crippen LogP contribution is -2.37. The number of carbonyl (C=O) groups excluding carboxylic acids is 1. The number of benzene rings is 3. The Morgan fingerprint density at radius 3 is 2.21 bits per heavy atom. The standard InChI is InChI=1S/C29H33N3O5S.3H2/c33-28(34)20-27(22-9-4-3-5-10-22)32-38(36,37)26-17-15-21(16-18-26)23-11-8-14-25(19-23)31-29(35)30-24-12-6-1-2-7-13-24;;;/h3-5,8-11,14-19,24,27,32H,1-2,6-7,12-13,20H2,(H,33,34)(H2,30,31,35);3*1H. The molecule has 9 heteroatoms. The van der Waals surface area contributed by atoms with Crippen LogP contribution in [-0.4, -0.2) is 31.6 Å². The van der Waals surface area contributed by atoms with Crippen molar-refractivity contribution in [3.8, 4) is 11.1 Å². The summed E-state index contributed by atoms with van der Waals surface area (Å²) in [7, 11) is -3.97. The Hall–Kier alpha value is -3.69. The summed E-state index contributed by atoms with van der Waals surface area (Å²) < 4.78 is 28.6. The van der Waals surface area contributed by atoms with Crippen LogP contribution < -0.4 is 15.4 Å². The molecule has 1 saturated carbocycles. The van der Waals surface area contributed by atoms with Crippen molar-refractivity contribution in [1.29, 1.82) is 0 Å². The van der Waals surface area contributed by atoms with Gasteiger partial charge in [0.05, 0.1) is 17.4 Å². The molecule has 206 valence electrons. The highest BCUT2D eigenvalue weighted by Gasteiger charge is 2.23. The lowest BCUT2D eigenvalue weighted by Gasteiger charge is -2.18. The van der Waals surface area contributed by atoms with Gasteiger partial charge < -0.3 is 15.7 Å². The lowest BCUT2D eigenvalue weighted by atomic mass is 10.1. The zero-order chi connectivity index (χ0) is 27.0. The van der Waals surface area contributed by atoms with Gasteiger partial charge in [0, 0.05) is 16.0 Å². The normalized spacial score (nSPS) is 15.3. The minimum absolute atomic E-state index is 0. The van der Waals surface area contributed by atoms with Crippen molar-refractivity contribution in [2.45, 2.75) is 61.9 Å². The number of aliphatic carboxylic acids is 1. The number of sulfonamides is 1. The topological polar surface area (TPSA) is 125 Å². The monoisotopic (exact) mass is 541 g/mol. The fourth-order valence-electron chi connectivity index (χ4n) is 4.72. The number of rotatable bonds is 9. The second kappa shape index (κ2) is 12.7. The molecule has 0 saturated heterocycles. The minimum atomic E-state index is -3.97. The fraction of sp³-hybridized carbons (Fsp3) is 0.310. The zero-order valence-corrected chi connectivity index (χ0v) is 21.9. The van der Waals surface area contributed by atoms with E-state index in [4.69, 9.17) is 0 Å². The summed E-state index contributed by atoms with van der Waals surface area (Å²) in [5, 5.41) is 15.3. The summed E-state index contributed by atoms with van der Waals surface area (Å²) in [5.74, 6) is -1.10. The first kappa shape index (κ1) is 27.3. The predicted molar refractivity (Wildman–Crippen MR) is 154 cm³/mol. The van der Waals surface area contributed by atoms with E-state index in [0.717, 1.165) is 36.8 Å². The maximum absolute atomic E-state index is 13.0. The number of urea groups is 1. The second-order valence-corrected chi connectivity index (χ2v) is 11.3. The highest BCUT2D eigenvalue weighted by molar-refractivity contribution is 7.89. The van der Waals surface area contributed by atoms with Gasteiger partial charge in [-0.05, 0) is 53.8 Å². The number of carboxylic acid groups (broad SMARTS) is 1. The molecule has 0 aliphatic heterocycles. The van der Waals surface area contributed by atoms with E-state index in [1.165, 1.54) is 25.0 Å². The van der Waals surface area contributed by atoms with Gasteiger partial charge in [0.2, 0.25) is 10.0 Å². The van der Waals surface area contributed by atoms with Gasteiger partial charge >= 0.3 is 12.0 Å². The minimum Gasteiger partial charge on any atom is -0.481 e. The summed E-state index contributed by atoms with van der Waals surface area (Å²) in [4.78, 5) is 23.9. The van der Waals surface area contributed by atoms with Crippen LogP contribution in [0.15, 0.2) is 83.8 Å². The van der Waals surface area contributed by atoms with E-state index in [-0.39, 0.29) is 27.7 Å². The van der Waals surface area contributed by atoms with Crippen molar-refractivity contribution in [2.75, 3.05) is 5.32 Å². The third-order valence-electron chi connectivity index (χ3n) is 6.69. The van der Waals surface area contributed by atoms with Crippen molar-refractivity contribution in [3.05, 3.63) is 84.4 Å². The molecular formula is C29H39N3O5S. The molecule has 2 amide bonds. The quantitative estimate of drug-likeness (QED) is 0.232. The predicted octanol–water partition coefficient (Wildman–Crippen LogP) is 6.43. The number of amides is 2. The Balaban J connectivity index is 0.00000280. The number of nitrogens with one attached hydrogen (secondary N) is 3. The SMILES string of the molecule is O=C(O)CC(NS(=O)(=O)c1ccc(-c2cccc(NC(=O)NC3CCCCCC3)c2)cc1)c1ccccc1.[HH].[HH].[HH]. The zero-order valence-electron chi connectivity index (χ0n) is 21.1. The van der Waals surface area contributed by atoms with E-state index in [2.05, 4.69) is 15.4 Å². The first-order valence-electron chi connectivity index (χ1n) is 12.9. The van der Waals surface area contributed by atoms with Crippen molar-refractivity contribution >= 4 is 27.7 Å². The van der Waals surface area contributed by atoms with Gasteiger partial charge in [-0.1, -0.05) is 80.3 Å². The average Bonchev–Trinajstić information content (AvgIpc) is 3.17. The molecule has 3 aromatic rings. The maximum Gasteiger partial charge on any atom is 0.319 e. The van der Waals surface area contributed by atoms with Crippen molar-refractivity contribution in [3.63, 3.8) is 0 Å². The van der Waals surface area contributed by atoms with E-state index < -0.39 is 22.0 Å². The molecule has 1 aliphatic carbocycles. The van der Waals surface area contributed by atoms with Gasteiger partial charge in [-0.3, -0.25) is 4.79 Å². The van der Waals surface area contributed by atoms with E-state index in [0.29, 0.717) is 11.3 Å². The van der Waals surface area contributed by atoms with Gasteiger partial charge in [0.1, 0.15) is 0 Å². The highest BCUT2D eigenvalue weighted by Crippen LogP contribution is 2.26. The summed E-state index contributed by atoms with van der Waals surface area (Å²) in [5.41, 5.74) is 2.82. The number of carbonyl (C=O) groups is 2. The molecule has 38 heavy (non-hydrogen) atoms. The largest absolute Gasteiger partial charge is 0.481 e. The van der Waals surface area contributed by atoms with Crippen LogP contribution in [0.3, 0.4) is 0 Å². The Morgan fingerprint density at radius 2 is 1.55 bits per heavy atom. The van der Waals surface area contributed by atoms with Crippen molar-refractivity contribution < 1.29 is 27.4 Å². The Morgan fingerprint density at radius 1 is 0.868 bits per heavy atom. The molecular weight excluding hydrogens is 502 g/mol. The molecule has 1 unspecified atom stereocenters. The van der Waals surface area contributed by atoms with Gasteiger partial charge in [-0.15, -0.1) is 0 Å². The third kappa shape index (κ3) is 7.66. The van der Waals surface area contributed by atoms with Crippen LogP contribution in [0.5, 0.6) is 0 Å². The summed E-state index contributed by atoms with van der Waals surface area (Å²) in [6.07, 6.45) is 6.32. The van der Waals surface area contributed by atoms with Crippen LogP contribution in [0.4, 0.5) is 10.5 Å². The molecule has 4 rings (SSSR count). The van der Waals surface area contributed by atoms with Gasteiger partial charge in [0.15, 0.2) is 0 Å². The molecule has 0 aromatic heterocycles. The Bertz CT molecular complexity index is 1350. The first-order valence-corrected chi connectivity index (χ1v) is 14.4. The molecule has 8 nitrogen and oxygen atoms in total. The molecule has 4 N–H and O–H groups in total. The molecule has 0 heterocycles. The smallest absolute Gasteiger partial charge is 0.319 e. The number of hydrogen-bond acceptors (Lipinski definition) is 4. The second-order valence-electron chi connectivity index (χ2n) is 9.57. The fourth-order valence-corrected chi connectivity index (χ4v) is 5.95. The maximum atomic E-state index is 13.0. The van der Waals surface area contributed by atoms with Crippen molar-refractivity contribution in [2.24, 2.45) is 0 Å². The number of carboxylic acids is 1. The highest BCUT2D eigenvalue weighted by atomic mass is 32.2. The molecule has 1 atom stereocenters. The van der Waals surface area contributed by atoms with Gasteiger partial charge in [-0.25, -0.2) is 17.9 Å². The summed E-state index contributed by atoms with van der Waals surface area (Å²) in [6.45, 7) is 0. The van der Waals surface area contributed by atoms with Crippen LogP contribution in [0, 0.1) is 0 Å². The number of anilines is 1. The number of hydrogen-bond donors (Lipinski definition) is 4. The van der Waals surface area contributed by atoms with Crippen LogP contribution in [0.2, 0.25) is 0 Å². The van der Waals surface area contributed by atoms with E-state index in [1.807, 2.05) is 24.3 Å². The lowest BCUT2D eigenvalue weighted by molar-refractivity contribution is -0.137. The molecule has 0 spiro atoms. The average molecular weight is 542 g/mol. The molecule has 0 bridgehead atoms. The molecule has 3 aromatic carbocycles. The van der Waals surface area contributed by atoms with E-state index >= 15 is 0 Å². The van der Waals surface area contributed by atoms with Gasteiger partial charge in [0.25, 0.3) is 0 Å². The van der Waals surface area contributed by atoms with E-state index in [1.54, 1.807) is 42.5 Å². The summed E-state index contributed by atoms with van der Waals surface area (Å²) in [6, 6.07) is 21.4. The van der Waals surface area contributed by atoms with Crippen LogP contribution in [0.1, 0.15) is 60.8 Å². The molecule has 1 fully saturated rings. The van der Waals surface area contributed by atoms with Crippen LogP contribution >= 0.6 is 0 Å². The van der Waals surface area contributed by atoms with Crippen molar-refractivity contribution in [1.82, 2.24) is 10.0 Å². The molecule has 0 radical (unpaired) electrons. The first-order chi connectivity index (χ1) is 18.3. The van der Waals surface area contributed by atoms with Gasteiger partial charge in [-0.2, -0.15) is 0 Å². The molecule has 1 aliphatic rings. The van der Waals surface area contributed by atoms with Crippen LogP contribution in [0.25, 0.3) is 11.1 Å². The van der Waals surface area contributed by atoms with E-state index in [9.17, 15) is 23.1 Å². The Labute approximate surface area is 228 Å². The third-order valence-corrected chi connectivity index (χ3v) is 8.17. The Kier molecular flexibility index (Phi) is 9.15. The van der Waals surface area contributed by atoms with Crippen LogP contribution in [-0.2, 0) is 14.8 Å². The summed E-state index contributed by atoms with van der Waals surface area (Å²) >= 11 is 0.